The Morgan fingerprint density at radius 1 is 1.20 bits per heavy atom. The van der Waals surface area contributed by atoms with Gasteiger partial charge < -0.3 is 5.32 Å². The maximum Gasteiger partial charge on any atom is 0.248 e. The molecule has 0 fully saturated rings. The van der Waals surface area contributed by atoms with Crippen LogP contribution in [0.3, 0.4) is 0 Å². The summed E-state index contributed by atoms with van der Waals surface area (Å²) in [6, 6.07) is 11.5. The third-order valence-electron chi connectivity index (χ3n) is 2.86. The van der Waals surface area contributed by atoms with Gasteiger partial charge in [-0.05, 0) is 40.6 Å². The van der Waals surface area contributed by atoms with E-state index in [2.05, 4.69) is 10.3 Å². The molecule has 1 aromatic carbocycles. The molecule has 0 bridgehead atoms. The van der Waals surface area contributed by atoms with Crippen LogP contribution in [0, 0.1) is 0 Å². The Hall–Kier alpha value is -2.46. The standard InChI is InChI=1S/C16H12N2OS/c19-15(7-6-12-8-10-20-11-12)18-14-5-1-3-13-4-2-9-17-16(13)14/h1-11H,(H,18,19)/b7-6+. The second kappa shape index (κ2) is 5.67. The van der Waals surface area contributed by atoms with Gasteiger partial charge in [-0.3, -0.25) is 9.78 Å². The summed E-state index contributed by atoms with van der Waals surface area (Å²) in [5.74, 6) is -0.158. The Morgan fingerprint density at radius 2 is 2.10 bits per heavy atom. The molecule has 3 aromatic rings. The lowest BCUT2D eigenvalue weighted by Gasteiger charge is -2.05. The predicted molar refractivity (Wildman–Crippen MR) is 83.7 cm³/mol. The van der Waals surface area contributed by atoms with Crippen molar-refractivity contribution in [2.45, 2.75) is 0 Å². The average molecular weight is 280 g/mol. The van der Waals surface area contributed by atoms with Gasteiger partial charge in [-0.25, -0.2) is 0 Å². The summed E-state index contributed by atoms with van der Waals surface area (Å²) in [6.07, 6.45) is 5.05. The van der Waals surface area contributed by atoms with E-state index >= 15 is 0 Å². The van der Waals surface area contributed by atoms with Crippen LogP contribution >= 0.6 is 11.3 Å². The van der Waals surface area contributed by atoms with Crippen molar-refractivity contribution >= 4 is 39.9 Å². The number of hydrogen-bond donors (Lipinski definition) is 1. The van der Waals surface area contributed by atoms with Crippen LogP contribution in [-0.4, -0.2) is 10.9 Å². The average Bonchev–Trinajstić information content (AvgIpc) is 2.99. The molecule has 1 amide bonds. The highest BCUT2D eigenvalue weighted by Crippen LogP contribution is 2.20. The number of benzene rings is 1. The fraction of sp³-hybridized carbons (Fsp3) is 0. The van der Waals surface area contributed by atoms with Crippen molar-refractivity contribution in [2.24, 2.45) is 0 Å². The highest BCUT2D eigenvalue weighted by atomic mass is 32.1. The lowest BCUT2D eigenvalue weighted by Crippen LogP contribution is -2.08. The van der Waals surface area contributed by atoms with Crippen molar-refractivity contribution in [3.63, 3.8) is 0 Å². The van der Waals surface area contributed by atoms with Crippen LogP contribution in [0.15, 0.2) is 59.4 Å². The number of carbonyl (C=O) groups is 1. The van der Waals surface area contributed by atoms with E-state index in [1.165, 1.54) is 6.08 Å². The minimum atomic E-state index is -0.158. The lowest BCUT2D eigenvalue weighted by molar-refractivity contribution is -0.111. The monoisotopic (exact) mass is 280 g/mol. The number of amides is 1. The molecule has 2 heterocycles. The van der Waals surface area contributed by atoms with Crippen LogP contribution in [0.25, 0.3) is 17.0 Å². The van der Waals surface area contributed by atoms with Gasteiger partial charge in [-0.15, -0.1) is 0 Å². The van der Waals surface area contributed by atoms with Crippen LogP contribution in [-0.2, 0) is 4.79 Å². The fourth-order valence-corrected chi connectivity index (χ4v) is 2.55. The zero-order valence-electron chi connectivity index (χ0n) is 10.6. The Balaban J connectivity index is 1.81. The first-order chi connectivity index (χ1) is 9.83. The number of thiophene rings is 1. The van der Waals surface area contributed by atoms with Gasteiger partial charge >= 0.3 is 0 Å². The summed E-state index contributed by atoms with van der Waals surface area (Å²) in [5.41, 5.74) is 2.55. The minimum absolute atomic E-state index is 0.158. The maximum absolute atomic E-state index is 11.9. The van der Waals surface area contributed by atoms with Gasteiger partial charge in [0.05, 0.1) is 11.2 Å². The van der Waals surface area contributed by atoms with Crippen LogP contribution in [0.4, 0.5) is 5.69 Å². The molecule has 0 aliphatic rings. The summed E-state index contributed by atoms with van der Waals surface area (Å²) in [6.45, 7) is 0. The van der Waals surface area contributed by atoms with E-state index in [0.29, 0.717) is 0 Å². The zero-order valence-corrected chi connectivity index (χ0v) is 11.4. The third kappa shape index (κ3) is 2.75. The molecule has 0 radical (unpaired) electrons. The summed E-state index contributed by atoms with van der Waals surface area (Å²) in [4.78, 5) is 16.2. The molecule has 1 N–H and O–H groups in total. The number of para-hydroxylation sites is 1. The molecule has 0 aliphatic heterocycles. The number of rotatable bonds is 3. The van der Waals surface area contributed by atoms with Crippen molar-refractivity contribution < 1.29 is 4.79 Å². The van der Waals surface area contributed by atoms with Crippen molar-refractivity contribution in [1.82, 2.24) is 4.98 Å². The molecule has 3 rings (SSSR count). The van der Waals surface area contributed by atoms with E-state index < -0.39 is 0 Å². The van der Waals surface area contributed by atoms with Gasteiger partial charge in [0, 0.05) is 17.7 Å². The molecule has 0 saturated carbocycles. The van der Waals surface area contributed by atoms with Gasteiger partial charge in [-0.2, -0.15) is 11.3 Å². The number of pyridine rings is 1. The predicted octanol–water partition coefficient (Wildman–Crippen LogP) is 3.95. The summed E-state index contributed by atoms with van der Waals surface area (Å²) in [5, 5.41) is 7.84. The molecule has 0 spiro atoms. The fourth-order valence-electron chi connectivity index (χ4n) is 1.92. The number of fused-ring (bicyclic) bond motifs is 1. The SMILES string of the molecule is O=C(/C=C/c1ccsc1)Nc1cccc2cccnc12. The molecule has 0 saturated heterocycles. The maximum atomic E-state index is 11.9. The Morgan fingerprint density at radius 3 is 2.95 bits per heavy atom. The van der Waals surface area contributed by atoms with Crippen LogP contribution in [0.2, 0.25) is 0 Å². The lowest BCUT2D eigenvalue weighted by atomic mass is 10.2. The third-order valence-corrected chi connectivity index (χ3v) is 3.56. The van der Waals surface area contributed by atoms with E-state index in [4.69, 9.17) is 0 Å². The second-order valence-electron chi connectivity index (χ2n) is 4.26. The number of nitrogens with zero attached hydrogens (tertiary/aromatic N) is 1. The molecule has 0 atom stereocenters. The van der Waals surface area contributed by atoms with Gasteiger partial charge in [0.15, 0.2) is 0 Å². The second-order valence-corrected chi connectivity index (χ2v) is 5.04. The summed E-state index contributed by atoms with van der Waals surface area (Å²) >= 11 is 1.60. The van der Waals surface area contributed by atoms with Crippen molar-refractivity contribution in [3.05, 3.63) is 65.0 Å². The Labute approximate surface area is 120 Å². The highest BCUT2D eigenvalue weighted by molar-refractivity contribution is 7.08. The quantitative estimate of drug-likeness (QED) is 0.738. The van der Waals surface area contributed by atoms with Crippen molar-refractivity contribution in [1.29, 1.82) is 0 Å². The van der Waals surface area contributed by atoms with Crippen molar-refractivity contribution in [3.8, 4) is 0 Å². The molecular weight excluding hydrogens is 268 g/mol. The molecule has 0 unspecified atom stereocenters. The van der Waals surface area contributed by atoms with Gasteiger partial charge in [0.25, 0.3) is 0 Å². The van der Waals surface area contributed by atoms with E-state index in [1.807, 2.05) is 47.2 Å². The van der Waals surface area contributed by atoms with E-state index in [0.717, 1.165) is 22.2 Å². The molecule has 2 aromatic heterocycles. The molecule has 20 heavy (non-hydrogen) atoms. The van der Waals surface area contributed by atoms with Crippen LogP contribution in [0.1, 0.15) is 5.56 Å². The van der Waals surface area contributed by atoms with E-state index in [9.17, 15) is 4.79 Å². The van der Waals surface area contributed by atoms with Gasteiger partial charge in [-0.1, -0.05) is 18.2 Å². The summed E-state index contributed by atoms with van der Waals surface area (Å²) < 4.78 is 0. The smallest absolute Gasteiger partial charge is 0.248 e. The summed E-state index contributed by atoms with van der Waals surface area (Å²) in [7, 11) is 0. The largest absolute Gasteiger partial charge is 0.321 e. The molecule has 3 nitrogen and oxygen atoms in total. The van der Waals surface area contributed by atoms with Gasteiger partial charge in [0.2, 0.25) is 5.91 Å². The molecule has 0 aliphatic carbocycles. The topological polar surface area (TPSA) is 42.0 Å². The van der Waals surface area contributed by atoms with Gasteiger partial charge in [0.1, 0.15) is 0 Å². The molecule has 4 heteroatoms. The first-order valence-corrected chi connectivity index (χ1v) is 7.12. The highest BCUT2D eigenvalue weighted by Gasteiger charge is 2.03. The number of carbonyl (C=O) groups excluding carboxylic acids is 1. The molecular formula is C16H12N2OS. The number of anilines is 1. The van der Waals surface area contributed by atoms with Crippen LogP contribution in [0.5, 0.6) is 0 Å². The Bertz CT molecular complexity index is 758. The van der Waals surface area contributed by atoms with E-state index in [1.54, 1.807) is 23.6 Å². The first kappa shape index (κ1) is 12.6. The number of nitrogens with one attached hydrogen (secondary N) is 1. The zero-order chi connectivity index (χ0) is 13.8. The normalized spacial score (nSPS) is 11.0. The van der Waals surface area contributed by atoms with Crippen LogP contribution < -0.4 is 5.32 Å². The number of aromatic nitrogens is 1. The Kier molecular flexibility index (Phi) is 3.56. The van der Waals surface area contributed by atoms with Crippen molar-refractivity contribution in [2.75, 3.05) is 5.32 Å². The van der Waals surface area contributed by atoms with E-state index in [-0.39, 0.29) is 5.91 Å². The first-order valence-electron chi connectivity index (χ1n) is 6.18. The minimum Gasteiger partial charge on any atom is -0.321 e. The molecule has 98 valence electrons. The number of hydrogen-bond acceptors (Lipinski definition) is 3.